The Morgan fingerprint density at radius 2 is 2.06 bits per heavy atom. The minimum atomic E-state index is -3.77. The van der Waals surface area contributed by atoms with Crippen molar-refractivity contribution in [3.63, 3.8) is 0 Å². The molecule has 0 spiro atoms. The van der Waals surface area contributed by atoms with Gasteiger partial charge in [0, 0.05) is 6.04 Å². The number of aromatic carboxylic acids is 1. The molecular weight excluding hydrogens is 261 g/mol. The summed E-state index contributed by atoms with van der Waals surface area (Å²) < 4.78 is 39.5. The predicted molar refractivity (Wildman–Crippen MR) is 61.3 cm³/mol. The molecule has 1 aliphatic carbocycles. The van der Waals surface area contributed by atoms with Gasteiger partial charge in [-0.25, -0.2) is 22.3 Å². The fourth-order valence-corrected chi connectivity index (χ4v) is 2.97. The third-order valence-corrected chi connectivity index (χ3v) is 4.43. The van der Waals surface area contributed by atoms with Crippen molar-refractivity contribution in [2.45, 2.75) is 30.2 Å². The molecular formula is C11H12FNO4S. The largest absolute Gasteiger partial charge is 0.478 e. The van der Waals surface area contributed by atoms with E-state index in [4.69, 9.17) is 5.11 Å². The van der Waals surface area contributed by atoms with Gasteiger partial charge in [-0.05, 0) is 31.0 Å². The second kappa shape index (κ2) is 4.66. The molecule has 0 heterocycles. The van der Waals surface area contributed by atoms with Crippen LogP contribution in [0.4, 0.5) is 4.39 Å². The fraction of sp³-hybridized carbons (Fsp3) is 0.364. The number of carboxylic acids is 1. The molecule has 0 amide bonds. The molecule has 18 heavy (non-hydrogen) atoms. The highest BCUT2D eigenvalue weighted by Gasteiger charge is 2.25. The van der Waals surface area contributed by atoms with Gasteiger partial charge >= 0.3 is 5.97 Å². The first-order chi connectivity index (χ1) is 8.40. The van der Waals surface area contributed by atoms with Crippen molar-refractivity contribution in [3.8, 4) is 0 Å². The number of rotatable bonds is 4. The first-order valence-corrected chi connectivity index (χ1v) is 6.93. The van der Waals surface area contributed by atoms with E-state index >= 15 is 0 Å². The minimum Gasteiger partial charge on any atom is -0.478 e. The summed E-state index contributed by atoms with van der Waals surface area (Å²) in [4.78, 5) is 10.4. The second-order valence-electron chi connectivity index (χ2n) is 4.20. The standard InChI is InChI=1S/C11H12FNO4S/c12-10-6-8(4-5-9(10)11(14)15)18(16,17)13-7-2-1-3-7/h4-7,13H,1-3H2,(H,14,15). The summed E-state index contributed by atoms with van der Waals surface area (Å²) in [6.45, 7) is 0. The normalized spacial score (nSPS) is 16.3. The number of halogens is 1. The Morgan fingerprint density at radius 1 is 1.39 bits per heavy atom. The molecule has 2 N–H and O–H groups in total. The van der Waals surface area contributed by atoms with Gasteiger partial charge in [0.25, 0.3) is 0 Å². The lowest BCUT2D eigenvalue weighted by atomic mass is 9.94. The third kappa shape index (κ3) is 2.51. The van der Waals surface area contributed by atoms with Gasteiger partial charge in [0.1, 0.15) is 5.82 Å². The Bertz CT molecular complexity index is 581. The van der Waals surface area contributed by atoms with Crippen molar-refractivity contribution in [2.24, 2.45) is 0 Å². The number of hydrogen-bond acceptors (Lipinski definition) is 3. The molecule has 1 saturated carbocycles. The van der Waals surface area contributed by atoms with Gasteiger partial charge in [-0.15, -0.1) is 0 Å². The van der Waals surface area contributed by atoms with E-state index < -0.39 is 27.4 Å². The van der Waals surface area contributed by atoms with E-state index in [1.54, 1.807) is 0 Å². The third-order valence-electron chi connectivity index (χ3n) is 2.91. The number of hydrogen-bond donors (Lipinski definition) is 2. The maximum atomic E-state index is 13.4. The second-order valence-corrected chi connectivity index (χ2v) is 5.91. The monoisotopic (exact) mass is 273 g/mol. The molecule has 0 atom stereocenters. The summed E-state index contributed by atoms with van der Waals surface area (Å²) in [6.07, 6.45) is 2.52. The van der Waals surface area contributed by atoms with Crippen LogP contribution in [-0.2, 0) is 10.0 Å². The Morgan fingerprint density at radius 3 is 2.50 bits per heavy atom. The zero-order valence-corrected chi connectivity index (χ0v) is 10.2. The Balaban J connectivity index is 2.27. The summed E-state index contributed by atoms with van der Waals surface area (Å²) >= 11 is 0. The average molecular weight is 273 g/mol. The molecule has 7 heteroatoms. The highest BCUT2D eigenvalue weighted by atomic mass is 32.2. The SMILES string of the molecule is O=C(O)c1ccc(S(=O)(=O)NC2CCC2)cc1F. The first kappa shape index (κ1) is 13.0. The molecule has 5 nitrogen and oxygen atoms in total. The molecule has 0 bridgehead atoms. The summed E-state index contributed by atoms with van der Waals surface area (Å²) in [5.74, 6) is -2.48. The van der Waals surface area contributed by atoms with Crippen LogP contribution in [0.1, 0.15) is 29.6 Å². The van der Waals surface area contributed by atoms with E-state index in [2.05, 4.69) is 4.72 Å². The maximum Gasteiger partial charge on any atom is 0.338 e. The predicted octanol–water partition coefficient (Wildman–Crippen LogP) is 1.35. The van der Waals surface area contributed by atoms with Crippen LogP contribution in [0.15, 0.2) is 23.1 Å². The zero-order chi connectivity index (χ0) is 13.3. The van der Waals surface area contributed by atoms with Crippen LogP contribution >= 0.6 is 0 Å². The summed E-state index contributed by atoms with van der Waals surface area (Å²) in [5, 5.41) is 8.65. The van der Waals surface area contributed by atoms with Gasteiger partial charge in [-0.2, -0.15) is 0 Å². The molecule has 0 aromatic heterocycles. The molecule has 1 aromatic rings. The van der Waals surface area contributed by atoms with Gasteiger partial charge in [-0.3, -0.25) is 0 Å². The van der Waals surface area contributed by atoms with Crippen molar-refractivity contribution in [2.75, 3.05) is 0 Å². The number of carboxylic acid groups (broad SMARTS) is 1. The Labute approximate surface area is 104 Å². The van der Waals surface area contributed by atoms with Crippen molar-refractivity contribution in [1.29, 1.82) is 0 Å². The van der Waals surface area contributed by atoms with Crippen LogP contribution < -0.4 is 4.72 Å². The number of sulfonamides is 1. The maximum absolute atomic E-state index is 13.4. The van der Waals surface area contributed by atoms with E-state index in [9.17, 15) is 17.6 Å². The van der Waals surface area contributed by atoms with Crippen LogP contribution in [0.25, 0.3) is 0 Å². The lowest BCUT2D eigenvalue weighted by Crippen LogP contribution is -2.39. The average Bonchev–Trinajstić information content (AvgIpc) is 2.23. The molecule has 2 rings (SSSR count). The lowest BCUT2D eigenvalue weighted by molar-refractivity contribution is 0.0691. The van der Waals surface area contributed by atoms with Crippen LogP contribution in [-0.4, -0.2) is 25.5 Å². The van der Waals surface area contributed by atoms with E-state index in [1.165, 1.54) is 0 Å². The van der Waals surface area contributed by atoms with Gasteiger partial charge in [-0.1, -0.05) is 6.42 Å². The summed E-state index contributed by atoms with van der Waals surface area (Å²) in [5.41, 5.74) is -0.544. The highest BCUT2D eigenvalue weighted by Crippen LogP contribution is 2.22. The highest BCUT2D eigenvalue weighted by molar-refractivity contribution is 7.89. The van der Waals surface area contributed by atoms with Crippen molar-refractivity contribution >= 4 is 16.0 Å². The smallest absolute Gasteiger partial charge is 0.338 e. The van der Waals surface area contributed by atoms with Gasteiger partial charge in [0.15, 0.2) is 0 Å². The zero-order valence-electron chi connectivity index (χ0n) is 9.39. The van der Waals surface area contributed by atoms with Crippen molar-refractivity contribution in [1.82, 2.24) is 4.72 Å². The van der Waals surface area contributed by atoms with E-state index in [0.29, 0.717) is 0 Å². The quantitative estimate of drug-likeness (QED) is 0.867. The van der Waals surface area contributed by atoms with Crippen LogP contribution in [0, 0.1) is 5.82 Å². The summed E-state index contributed by atoms with van der Waals surface area (Å²) in [7, 11) is -3.77. The molecule has 0 radical (unpaired) electrons. The minimum absolute atomic E-state index is 0.0998. The Kier molecular flexibility index (Phi) is 3.36. The van der Waals surface area contributed by atoms with E-state index in [-0.39, 0.29) is 10.9 Å². The Hall–Kier alpha value is -1.47. The van der Waals surface area contributed by atoms with Crippen molar-refractivity contribution < 1.29 is 22.7 Å². The molecule has 0 aliphatic heterocycles. The first-order valence-electron chi connectivity index (χ1n) is 5.45. The van der Waals surface area contributed by atoms with E-state index in [1.807, 2.05) is 0 Å². The molecule has 0 unspecified atom stereocenters. The number of benzene rings is 1. The fourth-order valence-electron chi connectivity index (χ4n) is 1.65. The van der Waals surface area contributed by atoms with Crippen LogP contribution in [0.3, 0.4) is 0 Å². The van der Waals surface area contributed by atoms with Gasteiger partial charge in [0.2, 0.25) is 10.0 Å². The van der Waals surface area contributed by atoms with Gasteiger partial charge in [0.05, 0.1) is 10.5 Å². The topological polar surface area (TPSA) is 83.5 Å². The lowest BCUT2D eigenvalue weighted by Gasteiger charge is -2.26. The molecule has 1 fully saturated rings. The molecule has 0 saturated heterocycles. The molecule has 98 valence electrons. The summed E-state index contributed by atoms with van der Waals surface area (Å²) in [6, 6.07) is 2.67. The van der Waals surface area contributed by atoms with E-state index in [0.717, 1.165) is 37.5 Å². The van der Waals surface area contributed by atoms with Crippen LogP contribution in [0.2, 0.25) is 0 Å². The molecule has 1 aliphatic rings. The number of carbonyl (C=O) groups is 1. The van der Waals surface area contributed by atoms with Crippen LogP contribution in [0.5, 0.6) is 0 Å². The number of nitrogens with one attached hydrogen (secondary N) is 1. The molecule has 1 aromatic carbocycles. The van der Waals surface area contributed by atoms with Crippen molar-refractivity contribution in [3.05, 3.63) is 29.6 Å². The van der Waals surface area contributed by atoms with Gasteiger partial charge < -0.3 is 5.11 Å².